The molecule has 1 fully saturated rings. The summed E-state index contributed by atoms with van der Waals surface area (Å²) < 4.78 is 0. The molecule has 4 heteroatoms. The van der Waals surface area contributed by atoms with Gasteiger partial charge in [-0.15, -0.1) is 0 Å². The Bertz CT molecular complexity index is 458. The molecule has 1 aromatic carbocycles. The molecular formula is C17H27N3O. The smallest absolute Gasteiger partial charge is 0.221 e. The molecule has 0 radical (unpaired) electrons. The standard InChI is InChI=1S/C17H27N3O/c1-4-15-12-20(17(5-2)10-18-15)11-14-6-8-16(9-7-14)19-13(3)21/h6-9,15,17-18H,4-5,10-12H2,1-3H3,(H,19,21). The summed E-state index contributed by atoms with van der Waals surface area (Å²) in [5, 5.41) is 6.44. The monoisotopic (exact) mass is 289 g/mol. The zero-order chi connectivity index (χ0) is 15.2. The first-order valence-corrected chi connectivity index (χ1v) is 7.96. The van der Waals surface area contributed by atoms with E-state index in [9.17, 15) is 4.79 Å². The summed E-state index contributed by atoms with van der Waals surface area (Å²) in [4.78, 5) is 13.6. The van der Waals surface area contributed by atoms with Crippen molar-refractivity contribution >= 4 is 11.6 Å². The number of carbonyl (C=O) groups is 1. The topological polar surface area (TPSA) is 44.4 Å². The van der Waals surface area contributed by atoms with Gasteiger partial charge in [0.2, 0.25) is 5.91 Å². The summed E-state index contributed by atoms with van der Waals surface area (Å²) in [6.07, 6.45) is 2.35. The summed E-state index contributed by atoms with van der Waals surface area (Å²) in [5.41, 5.74) is 2.17. The summed E-state index contributed by atoms with van der Waals surface area (Å²) in [6.45, 7) is 9.21. The Labute approximate surface area is 127 Å². The molecule has 1 aliphatic heterocycles. The maximum atomic E-state index is 11.0. The number of hydrogen-bond acceptors (Lipinski definition) is 3. The molecule has 1 aliphatic rings. The van der Waals surface area contributed by atoms with Crippen LogP contribution < -0.4 is 10.6 Å². The highest BCUT2D eigenvalue weighted by Gasteiger charge is 2.25. The van der Waals surface area contributed by atoms with Crippen molar-refractivity contribution in [1.82, 2.24) is 10.2 Å². The molecule has 2 atom stereocenters. The first-order valence-electron chi connectivity index (χ1n) is 7.96. The van der Waals surface area contributed by atoms with Gasteiger partial charge in [-0.3, -0.25) is 9.69 Å². The van der Waals surface area contributed by atoms with Crippen molar-refractivity contribution in [3.8, 4) is 0 Å². The van der Waals surface area contributed by atoms with E-state index in [1.807, 2.05) is 12.1 Å². The van der Waals surface area contributed by atoms with Gasteiger partial charge in [-0.25, -0.2) is 0 Å². The molecule has 0 aromatic heterocycles. The van der Waals surface area contributed by atoms with Crippen molar-refractivity contribution in [2.45, 2.75) is 52.2 Å². The number of nitrogens with one attached hydrogen (secondary N) is 2. The first-order chi connectivity index (χ1) is 10.1. The van der Waals surface area contributed by atoms with Crippen molar-refractivity contribution in [3.05, 3.63) is 29.8 Å². The predicted octanol–water partition coefficient (Wildman–Crippen LogP) is 2.61. The number of amides is 1. The summed E-state index contributed by atoms with van der Waals surface area (Å²) in [5.74, 6) is -0.0262. The van der Waals surface area contributed by atoms with Crippen LogP contribution in [0.15, 0.2) is 24.3 Å². The van der Waals surface area contributed by atoms with Gasteiger partial charge in [-0.05, 0) is 30.5 Å². The maximum absolute atomic E-state index is 11.0. The third-order valence-corrected chi connectivity index (χ3v) is 4.24. The Hall–Kier alpha value is -1.39. The van der Waals surface area contributed by atoms with E-state index in [4.69, 9.17) is 0 Å². The van der Waals surface area contributed by atoms with E-state index < -0.39 is 0 Å². The predicted molar refractivity (Wildman–Crippen MR) is 87.3 cm³/mol. The van der Waals surface area contributed by atoms with Crippen LogP contribution in [0.3, 0.4) is 0 Å². The minimum absolute atomic E-state index is 0.0262. The Morgan fingerprint density at radius 1 is 1.29 bits per heavy atom. The normalized spacial score (nSPS) is 23.0. The Balaban J connectivity index is 1.99. The van der Waals surface area contributed by atoms with E-state index in [0.29, 0.717) is 12.1 Å². The lowest BCUT2D eigenvalue weighted by Gasteiger charge is -2.40. The second-order valence-electron chi connectivity index (χ2n) is 5.88. The van der Waals surface area contributed by atoms with Crippen molar-refractivity contribution in [1.29, 1.82) is 0 Å². The van der Waals surface area contributed by atoms with Crippen molar-refractivity contribution < 1.29 is 4.79 Å². The largest absolute Gasteiger partial charge is 0.326 e. The Morgan fingerprint density at radius 2 is 2.00 bits per heavy atom. The van der Waals surface area contributed by atoms with Crippen LogP contribution in [0.5, 0.6) is 0 Å². The fourth-order valence-corrected chi connectivity index (χ4v) is 2.93. The SMILES string of the molecule is CCC1CN(Cc2ccc(NC(C)=O)cc2)C(CC)CN1. The number of rotatable bonds is 5. The fourth-order valence-electron chi connectivity index (χ4n) is 2.93. The molecule has 1 aromatic rings. The van der Waals surface area contributed by atoms with Crippen LogP contribution in [0.1, 0.15) is 39.2 Å². The quantitative estimate of drug-likeness (QED) is 0.876. The number of benzene rings is 1. The maximum Gasteiger partial charge on any atom is 0.221 e. The van der Waals surface area contributed by atoms with E-state index in [1.54, 1.807) is 0 Å². The third-order valence-electron chi connectivity index (χ3n) is 4.24. The average molecular weight is 289 g/mol. The molecule has 2 unspecified atom stereocenters. The van der Waals surface area contributed by atoms with Gasteiger partial charge in [0.05, 0.1) is 0 Å². The highest BCUT2D eigenvalue weighted by molar-refractivity contribution is 5.88. The van der Waals surface area contributed by atoms with Crippen molar-refractivity contribution in [2.75, 3.05) is 18.4 Å². The fraction of sp³-hybridized carbons (Fsp3) is 0.588. The van der Waals surface area contributed by atoms with Crippen LogP contribution in [0.25, 0.3) is 0 Å². The highest BCUT2D eigenvalue weighted by Crippen LogP contribution is 2.17. The third kappa shape index (κ3) is 4.55. The van der Waals surface area contributed by atoms with E-state index in [2.05, 4.69) is 41.5 Å². The molecule has 0 spiro atoms. The van der Waals surface area contributed by atoms with E-state index in [0.717, 1.165) is 25.3 Å². The van der Waals surface area contributed by atoms with Gasteiger partial charge in [0.25, 0.3) is 0 Å². The molecule has 4 nitrogen and oxygen atoms in total. The van der Waals surface area contributed by atoms with Gasteiger partial charge < -0.3 is 10.6 Å². The second kappa shape index (κ2) is 7.57. The van der Waals surface area contributed by atoms with Gasteiger partial charge in [0, 0.05) is 44.3 Å². The van der Waals surface area contributed by atoms with Crippen LogP contribution in [0.4, 0.5) is 5.69 Å². The van der Waals surface area contributed by atoms with Crippen LogP contribution >= 0.6 is 0 Å². The molecule has 1 amide bonds. The molecule has 116 valence electrons. The number of anilines is 1. The summed E-state index contributed by atoms with van der Waals surface area (Å²) in [6, 6.07) is 9.41. The molecule has 2 rings (SSSR count). The number of hydrogen-bond donors (Lipinski definition) is 2. The van der Waals surface area contributed by atoms with Crippen LogP contribution in [-0.4, -0.2) is 36.0 Å². The highest BCUT2D eigenvalue weighted by atomic mass is 16.1. The number of carbonyl (C=O) groups excluding carboxylic acids is 1. The summed E-state index contributed by atoms with van der Waals surface area (Å²) in [7, 11) is 0. The minimum Gasteiger partial charge on any atom is -0.326 e. The van der Waals surface area contributed by atoms with E-state index in [-0.39, 0.29) is 5.91 Å². The van der Waals surface area contributed by atoms with Crippen molar-refractivity contribution in [2.24, 2.45) is 0 Å². The lowest BCUT2D eigenvalue weighted by atomic mass is 10.0. The first kappa shape index (κ1) is 16.0. The minimum atomic E-state index is -0.0262. The Morgan fingerprint density at radius 3 is 2.57 bits per heavy atom. The molecule has 21 heavy (non-hydrogen) atoms. The van der Waals surface area contributed by atoms with E-state index >= 15 is 0 Å². The molecule has 0 saturated carbocycles. The van der Waals surface area contributed by atoms with Crippen molar-refractivity contribution in [3.63, 3.8) is 0 Å². The molecule has 0 bridgehead atoms. The zero-order valence-corrected chi connectivity index (χ0v) is 13.4. The second-order valence-corrected chi connectivity index (χ2v) is 5.88. The van der Waals surface area contributed by atoms with Gasteiger partial charge in [0.1, 0.15) is 0 Å². The molecular weight excluding hydrogens is 262 g/mol. The van der Waals surface area contributed by atoms with Crippen LogP contribution in [-0.2, 0) is 11.3 Å². The molecule has 0 aliphatic carbocycles. The van der Waals surface area contributed by atoms with E-state index in [1.165, 1.54) is 25.3 Å². The van der Waals surface area contributed by atoms with Gasteiger partial charge in [0.15, 0.2) is 0 Å². The molecule has 1 heterocycles. The van der Waals surface area contributed by atoms with Gasteiger partial charge in [-0.2, -0.15) is 0 Å². The van der Waals surface area contributed by atoms with Crippen LogP contribution in [0, 0.1) is 0 Å². The molecule has 1 saturated heterocycles. The lowest BCUT2D eigenvalue weighted by molar-refractivity contribution is -0.114. The molecule has 2 N–H and O–H groups in total. The average Bonchev–Trinajstić information content (AvgIpc) is 2.48. The number of nitrogens with zero attached hydrogens (tertiary/aromatic N) is 1. The number of piperazine rings is 1. The van der Waals surface area contributed by atoms with Gasteiger partial charge in [-0.1, -0.05) is 26.0 Å². The summed E-state index contributed by atoms with van der Waals surface area (Å²) >= 11 is 0. The zero-order valence-electron chi connectivity index (χ0n) is 13.4. The lowest BCUT2D eigenvalue weighted by Crippen LogP contribution is -2.55. The van der Waals surface area contributed by atoms with Crippen LogP contribution in [0.2, 0.25) is 0 Å². The van der Waals surface area contributed by atoms with Gasteiger partial charge >= 0.3 is 0 Å². The Kier molecular flexibility index (Phi) is 5.76.